The van der Waals surface area contributed by atoms with Crippen molar-refractivity contribution in [2.24, 2.45) is 0 Å². The minimum absolute atomic E-state index is 0.179. The number of anilines is 2. The maximum atomic E-state index is 13.1. The van der Waals surface area contributed by atoms with Gasteiger partial charge in [-0.15, -0.1) is 0 Å². The smallest absolute Gasteiger partial charge is 0.349 e. The van der Waals surface area contributed by atoms with Crippen molar-refractivity contribution in [1.82, 2.24) is 15.1 Å². The lowest BCUT2D eigenvalue weighted by atomic mass is 10.1. The molecule has 0 radical (unpaired) electrons. The molecule has 0 saturated carbocycles. The van der Waals surface area contributed by atoms with Crippen LogP contribution in [0.5, 0.6) is 0 Å². The van der Waals surface area contributed by atoms with E-state index < -0.39 is 11.7 Å². The third-order valence-corrected chi connectivity index (χ3v) is 6.12. The second-order valence-electron chi connectivity index (χ2n) is 7.89. The Kier molecular flexibility index (Phi) is 6.45. The number of benzene rings is 3. The number of nitrogens with zero attached hydrogens (tertiary/aromatic N) is 1. The molecular weight excluding hydrogens is 550 g/mol. The van der Waals surface area contributed by atoms with Crippen LogP contribution in [0.4, 0.5) is 11.4 Å². The Balaban J connectivity index is 1.38. The molecule has 36 heavy (non-hydrogen) atoms. The summed E-state index contributed by atoms with van der Waals surface area (Å²) in [5.74, 6) is -1.15. The molecule has 3 aromatic carbocycles. The van der Waals surface area contributed by atoms with E-state index in [0.717, 1.165) is 15.4 Å². The summed E-state index contributed by atoms with van der Waals surface area (Å²) in [4.78, 5) is 42.7. The predicted molar refractivity (Wildman–Crippen MR) is 140 cm³/mol. The van der Waals surface area contributed by atoms with Gasteiger partial charge >= 0.3 is 5.76 Å². The highest BCUT2D eigenvalue weighted by Crippen LogP contribution is 2.30. The second kappa shape index (κ2) is 9.84. The van der Waals surface area contributed by atoms with Crippen LogP contribution >= 0.6 is 27.5 Å². The van der Waals surface area contributed by atoms with Crippen LogP contribution in [-0.4, -0.2) is 26.9 Å². The topological polar surface area (TPSA) is 133 Å². The van der Waals surface area contributed by atoms with Crippen LogP contribution in [0.3, 0.4) is 0 Å². The summed E-state index contributed by atoms with van der Waals surface area (Å²) >= 11 is 9.29. The summed E-state index contributed by atoms with van der Waals surface area (Å²) in [6.07, 6.45) is 0.179. The zero-order valence-electron chi connectivity index (χ0n) is 18.4. The largest absolute Gasteiger partial charge is 0.439 e. The van der Waals surface area contributed by atoms with Crippen molar-refractivity contribution in [3.8, 4) is 11.4 Å². The molecule has 0 atom stereocenters. The van der Waals surface area contributed by atoms with Crippen LogP contribution in [0.25, 0.3) is 22.3 Å². The Morgan fingerprint density at radius 1 is 0.972 bits per heavy atom. The van der Waals surface area contributed by atoms with Crippen molar-refractivity contribution < 1.29 is 14.1 Å². The van der Waals surface area contributed by atoms with Gasteiger partial charge in [0.15, 0.2) is 5.82 Å². The van der Waals surface area contributed by atoms with Crippen molar-refractivity contribution in [3.63, 3.8) is 0 Å². The first-order valence-electron chi connectivity index (χ1n) is 10.7. The van der Waals surface area contributed by atoms with Gasteiger partial charge in [0.2, 0.25) is 5.91 Å². The third-order valence-electron chi connectivity index (χ3n) is 5.38. The molecule has 2 heterocycles. The zero-order chi connectivity index (χ0) is 25.2. The normalized spacial score (nSPS) is 10.9. The molecule has 0 aliphatic carbocycles. The SMILES string of the molecule is O=C(Cc1ccc(Cl)cc1)Nc1cccc2cc(C(=O)Nc3ccc(Br)cc3-c3noc(=O)[nH]3)[nH]c12. The highest BCUT2D eigenvalue weighted by atomic mass is 79.9. The van der Waals surface area contributed by atoms with Crippen LogP contribution in [0.2, 0.25) is 5.02 Å². The number of rotatable bonds is 6. The molecule has 4 N–H and O–H groups in total. The fraction of sp³-hybridized carbons (Fsp3) is 0.0400. The number of carbonyl (C=O) groups excluding carboxylic acids is 2. The summed E-state index contributed by atoms with van der Waals surface area (Å²) in [5, 5.41) is 10.8. The van der Waals surface area contributed by atoms with Crippen molar-refractivity contribution in [2.75, 3.05) is 10.6 Å². The van der Waals surface area contributed by atoms with Gasteiger partial charge in [0.25, 0.3) is 5.91 Å². The van der Waals surface area contributed by atoms with E-state index in [4.69, 9.17) is 11.6 Å². The molecule has 0 bridgehead atoms. The van der Waals surface area contributed by atoms with Gasteiger partial charge in [0, 0.05) is 20.4 Å². The number of fused-ring (bicyclic) bond motifs is 1. The van der Waals surface area contributed by atoms with Crippen molar-refractivity contribution in [3.05, 3.63) is 98.0 Å². The maximum absolute atomic E-state index is 13.1. The van der Waals surface area contributed by atoms with Gasteiger partial charge in [0.05, 0.1) is 23.3 Å². The summed E-state index contributed by atoms with van der Waals surface area (Å²) < 4.78 is 5.32. The molecule has 180 valence electrons. The minimum Gasteiger partial charge on any atom is -0.349 e. The van der Waals surface area contributed by atoms with E-state index in [-0.39, 0.29) is 23.8 Å². The number of amides is 2. The molecule has 0 aliphatic heterocycles. The van der Waals surface area contributed by atoms with E-state index in [1.165, 1.54) is 0 Å². The van der Waals surface area contributed by atoms with Gasteiger partial charge in [-0.25, -0.2) is 4.79 Å². The molecule has 0 saturated heterocycles. The summed E-state index contributed by atoms with van der Waals surface area (Å²) in [5.41, 5.74) is 3.16. The Morgan fingerprint density at radius 2 is 1.78 bits per heavy atom. The second-order valence-corrected chi connectivity index (χ2v) is 9.24. The number of aromatic nitrogens is 3. The predicted octanol–water partition coefficient (Wildman–Crippen LogP) is 5.36. The maximum Gasteiger partial charge on any atom is 0.439 e. The quantitative estimate of drug-likeness (QED) is 0.220. The van der Waals surface area contributed by atoms with E-state index in [0.29, 0.717) is 27.5 Å². The van der Waals surface area contributed by atoms with Crippen LogP contribution in [0.1, 0.15) is 16.1 Å². The molecule has 2 aromatic heterocycles. The first-order chi connectivity index (χ1) is 17.4. The number of carbonyl (C=O) groups is 2. The van der Waals surface area contributed by atoms with E-state index in [9.17, 15) is 14.4 Å². The first kappa shape index (κ1) is 23.6. The zero-order valence-corrected chi connectivity index (χ0v) is 20.7. The van der Waals surface area contributed by atoms with Gasteiger partial charge in [-0.3, -0.25) is 19.1 Å². The van der Waals surface area contributed by atoms with E-state index >= 15 is 0 Å². The van der Waals surface area contributed by atoms with Gasteiger partial charge in [-0.1, -0.05) is 57.0 Å². The van der Waals surface area contributed by atoms with Crippen LogP contribution in [-0.2, 0) is 11.2 Å². The lowest BCUT2D eigenvalue weighted by molar-refractivity contribution is -0.115. The number of hydrogen-bond acceptors (Lipinski definition) is 5. The summed E-state index contributed by atoms with van der Waals surface area (Å²) in [6, 6.07) is 19.3. The fourth-order valence-electron chi connectivity index (χ4n) is 3.72. The van der Waals surface area contributed by atoms with Crippen molar-refractivity contribution >= 4 is 61.6 Å². The molecule has 0 fully saturated rings. The number of nitrogens with one attached hydrogen (secondary N) is 4. The number of aromatic amines is 2. The van der Waals surface area contributed by atoms with Crippen molar-refractivity contribution in [2.45, 2.75) is 6.42 Å². The Hall–Kier alpha value is -4.15. The molecule has 11 heteroatoms. The molecular formula is C25H17BrClN5O4. The highest BCUT2D eigenvalue weighted by molar-refractivity contribution is 9.10. The van der Waals surface area contributed by atoms with Crippen molar-refractivity contribution in [1.29, 1.82) is 0 Å². The van der Waals surface area contributed by atoms with Gasteiger partial charge in [0.1, 0.15) is 5.69 Å². The van der Waals surface area contributed by atoms with E-state index in [2.05, 4.69) is 46.2 Å². The van der Waals surface area contributed by atoms with Crippen LogP contribution in [0.15, 0.2) is 80.5 Å². The lowest BCUT2D eigenvalue weighted by Gasteiger charge is -2.09. The number of H-pyrrole nitrogens is 2. The summed E-state index contributed by atoms with van der Waals surface area (Å²) in [6.45, 7) is 0. The highest BCUT2D eigenvalue weighted by Gasteiger charge is 2.17. The van der Waals surface area contributed by atoms with E-state index in [1.807, 2.05) is 6.07 Å². The Morgan fingerprint density at radius 3 is 2.53 bits per heavy atom. The molecule has 9 nitrogen and oxygen atoms in total. The molecule has 5 rings (SSSR count). The van der Waals surface area contributed by atoms with Crippen LogP contribution < -0.4 is 16.4 Å². The summed E-state index contributed by atoms with van der Waals surface area (Å²) in [7, 11) is 0. The monoisotopic (exact) mass is 565 g/mol. The van der Waals surface area contributed by atoms with E-state index in [1.54, 1.807) is 60.7 Å². The van der Waals surface area contributed by atoms with Crippen LogP contribution in [0, 0.1) is 0 Å². The molecule has 2 amide bonds. The molecule has 5 aromatic rings. The van der Waals surface area contributed by atoms with Gasteiger partial charge in [-0.2, -0.15) is 0 Å². The number of hydrogen-bond donors (Lipinski definition) is 4. The first-order valence-corrected chi connectivity index (χ1v) is 11.9. The van der Waals surface area contributed by atoms with Gasteiger partial charge < -0.3 is 15.6 Å². The number of para-hydroxylation sites is 1. The standard InChI is InChI=1S/C25H17BrClN5O4/c26-15-6-9-18(17(12-15)23-31-25(35)36-32-23)30-24(34)20-11-14-2-1-3-19(22(14)29-20)28-21(33)10-13-4-7-16(27)8-5-13/h1-9,11-12,29H,10H2,(H,28,33)(H,30,34)(H,31,32,35). The molecule has 0 spiro atoms. The average molecular weight is 567 g/mol. The number of halogens is 2. The average Bonchev–Trinajstić information content (AvgIpc) is 3.49. The Bertz CT molecular complexity index is 1660. The molecule has 0 unspecified atom stereocenters. The minimum atomic E-state index is -0.705. The molecule has 0 aliphatic rings. The fourth-order valence-corrected chi connectivity index (χ4v) is 4.21. The lowest BCUT2D eigenvalue weighted by Crippen LogP contribution is -2.15. The van der Waals surface area contributed by atoms with Gasteiger partial charge in [-0.05, 0) is 48.0 Å². The third kappa shape index (κ3) is 5.09. The Labute approximate surface area is 217 Å².